The van der Waals surface area contributed by atoms with Crippen LogP contribution in [-0.4, -0.2) is 82.0 Å². The van der Waals surface area contributed by atoms with Gasteiger partial charge >= 0.3 is 23.9 Å². The zero-order valence-corrected chi connectivity index (χ0v) is 22.3. The summed E-state index contributed by atoms with van der Waals surface area (Å²) in [4.78, 5) is 53.1. The maximum atomic E-state index is 13.8. The molecule has 4 heterocycles. The van der Waals surface area contributed by atoms with Gasteiger partial charge in [-0.1, -0.05) is 41.0 Å². The highest BCUT2D eigenvalue weighted by Crippen LogP contribution is 2.84. The second kappa shape index (κ2) is 7.26. The Balaban J connectivity index is 1.60. The minimum Gasteiger partial charge on any atom is -0.459 e. The number of carbonyl (C=O) groups is 4. The van der Waals surface area contributed by atoms with E-state index in [1.165, 1.54) is 6.92 Å². The van der Waals surface area contributed by atoms with Crippen LogP contribution in [0, 0.1) is 34.0 Å². The number of hydrogen-bond donors (Lipinski definition) is 3. The third kappa shape index (κ3) is 2.28. The molecule has 6 fully saturated rings. The lowest BCUT2D eigenvalue weighted by Crippen LogP contribution is -2.67. The predicted molar refractivity (Wildman–Crippen MR) is 123 cm³/mol. The zero-order chi connectivity index (χ0) is 28.0. The smallest absolute Gasteiger partial charge is 0.350 e. The molecule has 0 radical (unpaired) electrons. The molecule has 2 spiro atoms. The Bertz CT molecular complexity index is 1150. The van der Waals surface area contributed by atoms with Gasteiger partial charge in [-0.15, -0.1) is 0 Å². The first-order valence-electron chi connectivity index (χ1n) is 13.3. The monoisotopic (exact) mass is 537 g/mol. The molecule has 6 rings (SSSR count). The van der Waals surface area contributed by atoms with Crippen LogP contribution in [0.15, 0.2) is 0 Å². The second-order valence-corrected chi connectivity index (χ2v) is 13.0. The van der Waals surface area contributed by atoms with Crippen molar-refractivity contribution in [3.05, 3.63) is 0 Å². The molecule has 12 heteroatoms. The SMILES string of the molecule is CCC(C)C(N)C(=O)O[C@H]1C(=O)OC2OC34C(=O)OC5CC(C(C)(C)C)C21C53[C@@H](O)C1OC(=O)[C@@H](C)[C@@]14O. The Morgan fingerprint density at radius 3 is 2.45 bits per heavy atom. The average Bonchev–Trinajstić information content (AvgIpc) is 3.56. The van der Waals surface area contributed by atoms with Gasteiger partial charge in [0.15, 0.2) is 11.7 Å². The molecule has 13 atom stereocenters. The molecular weight excluding hydrogens is 502 g/mol. The minimum absolute atomic E-state index is 0.168. The maximum Gasteiger partial charge on any atom is 0.350 e. The maximum absolute atomic E-state index is 13.8. The summed E-state index contributed by atoms with van der Waals surface area (Å²) in [7, 11) is 0. The van der Waals surface area contributed by atoms with Crippen molar-refractivity contribution < 1.29 is 53.1 Å². The molecule has 9 unspecified atom stereocenters. The quantitative estimate of drug-likeness (QED) is 0.311. The van der Waals surface area contributed by atoms with Gasteiger partial charge in [0, 0.05) is 0 Å². The van der Waals surface area contributed by atoms with Gasteiger partial charge in [-0.2, -0.15) is 0 Å². The highest BCUT2D eigenvalue weighted by atomic mass is 16.8. The molecule has 12 nitrogen and oxygen atoms in total. The van der Waals surface area contributed by atoms with Crippen molar-refractivity contribution in [2.24, 2.45) is 39.7 Å². The van der Waals surface area contributed by atoms with Gasteiger partial charge in [0.05, 0.1) is 16.7 Å². The van der Waals surface area contributed by atoms with Crippen LogP contribution >= 0.6 is 0 Å². The third-order valence-corrected chi connectivity index (χ3v) is 10.7. The summed E-state index contributed by atoms with van der Waals surface area (Å²) < 4.78 is 29.2. The fraction of sp³-hybridized carbons (Fsp3) is 0.846. The first-order valence-corrected chi connectivity index (χ1v) is 13.3. The normalized spacial score (nSPS) is 51.5. The molecule has 4 saturated heterocycles. The van der Waals surface area contributed by atoms with Crippen LogP contribution < -0.4 is 5.73 Å². The largest absolute Gasteiger partial charge is 0.459 e. The van der Waals surface area contributed by atoms with Crippen LogP contribution in [0.1, 0.15) is 54.4 Å². The Morgan fingerprint density at radius 2 is 1.84 bits per heavy atom. The molecule has 0 aromatic carbocycles. The number of fused-ring (bicyclic) bond motifs is 1. The third-order valence-electron chi connectivity index (χ3n) is 10.7. The van der Waals surface area contributed by atoms with E-state index in [0.717, 1.165) is 0 Å². The summed E-state index contributed by atoms with van der Waals surface area (Å²) in [6.07, 6.45) is -6.62. The molecule has 6 aliphatic rings. The van der Waals surface area contributed by atoms with Crippen molar-refractivity contribution >= 4 is 23.9 Å². The van der Waals surface area contributed by atoms with Crippen LogP contribution in [-0.2, 0) is 42.9 Å². The van der Waals surface area contributed by atoms with E-state index >= 15 is 0 Å². The molecule has 4 N–H and O–H groups in total. The molecule has 2 saturated carbocycles. The number of rotatable bonds is 4. The molecule has 0 aromatic rings. The summed E-state index contributed by atoms with van der Waals surface area (Å²) in [5, 5.41) is 24.2. The summed E-state index contributed by atoms with van der Waals surface area (Å²) in [6.45, 7) is 10.8. The Morgan fingerprint density at radius 1 is 1.18 bits per heavy atom. The highest BCUT2D eigenvalue weighted by Gasteiger charge is 3.04. The highest BCUT2D eigenvalue weighted by molar-refractivity contribution is 5.94. The van der Waals surface area contributed by atoms with Crippen molar-refractivity contribution in [3.8, 4) is 0 Å². The van der Waals surface area contributed by atoms with Gasteiger partial charge in [0.2, 0.25) is 18.0 Å². The van der Waals surface area contributed by atoms with Gasteiger partial charge in [-0.05, 0) is 30.6 Å². The van der Waals surface area contributed by atoms with Gasteiger partial charge < -0.3 is 39.6 Å². The first kappa shape index (κ1) is 26.0. The molecule has 210 valence electrons. The van der Waals surface area contributed by atoms with Gasteiger partial charge in [-0.3, -0.25) is 9.59 Å². The summed E-state index contributed by atoms with van der Waals surface area (Å²) in [5.74, 6) is -5.61. The first-order chi connectivity index (χ1) is 17.6. The van der Waals surface area contributed by atoms with Crippen molar-refractivity contribution in [2.75, 3.05) is 0 Å². The van der Waals surface area contributed by atoms with Crippen LogP contribution in [0.4, 0.5) is 0 Å². The molecule has 0 amide bonds. The van der Waals surface area contributed by atoms with E-state index in [2.05, 4.69) is 0 Å². The van der Waals surface area contributed by atoms with E-state index in [0.29, 0.717) is 6.42 Å². The Labute approximate surface area is 219 Å². The Kier molecular flexibility index (Phi) is 4.96. The van der Waals surface area contributed by atoms with Gasteiger partial charge in [0.25, 0.3) is 0 Å². The summed E-state index contributed by atoms with van der Waals surface area (Å²) in [6, 6.07) is -1.04. The minimum atomic E-state index is -2.33. The summed E-state index contributed by atoms with van der Waals surface area (Å²) >= 11 is 0. The summed E-state index contributed by atoms with van der Waals surface area (Å²) in [5.41, 5.74) is -2.58. The number of hydrogen-bond acceptors (Lipinski definition) is 12. The molecule has 0 bridgehead atoms. The zero-order valence-electron chi connectivity index (χ0n) is 22.3. The fourth-order valence-corrected chi connectivity index (χ4v) is 8.92. The van der Waals surface area contributed by atoms with Crippen LogP contribution in [0.3, 0.4) is 0 Å². The van der Waals surface area contributed by atoms with Crippen molar-refractivity contribution in [3.63, 3.8) is 0 Å². The molecule has 38 heavy (non-hydrogen) atoms. The van der Waals surface area contributed by atoms with E-state index < -0.39 is 99.9 Å². The topological polar surface area (TPSA) is 181 Å². The van der Waals surface area contributed by atoms with E-state index in [1.807, 2.05) is 27.7 Å². The van der Waals surface area contributed by atoms with Gasteiger partial charge in [0.1, 0.15) is 18.2 Å². The standard InChI is InChI=1S/C26H35NO11/c1-7-9(2)13(27)18(30)36-16-19(31)37-21-23(16)11(22(4,5)6)8-12-24(23)14(28)15-25(33,10(3)17(29)35-15)26(24,38-21)20(32)34-12/h9-16,21,28,33H,7-8,27H2,1-6H3/t9?,10-,11?,12?,13?,14+,15?,16+,21?,23?,24?,25-,26?/m1/s1. The van der Waals surface area contributed by atoms with Crippen LogP contribution in [0.25, 0.3) is 0 Å². The number of aliphatic hydroxyl groups excluding tert-OH is 1. The van der Waals surface area contributed by atoms with E-state index in [4.69, 9.17) is 29.4 Å². The number of carbonyl (C=O) groups excluding carboxylic acids is 4. The van der Waals surface area contributed by atoms with Crippen molar-refractivity contribution in [2.45, 2.75) is 102 Å². The molecule has 2 aliphatic carbocycles. The van der Waals surface area contributed by atoms with E-state index in [1.54, 1.807) is 6.92 Å². The fourth-order valence-electron chi connectivity index (χ4n) is 8.92. The van der Waals surface area contributed by atoms with E-state index in [9.17, 15) is 29.4 Å². The van der Waals surface area contributed by atoms with Crippen LogP contribution in [0.2, 0.25) is 0 Å². The van der Waals surface area contributed by atoms with Crippen LogP contribution in [0.5, 0.6) is 0 Å². The Hall–Kier alpha value is -2.28. The lowest BCUT2D eigenvalue weighted by atomic mass is 9.51. The lowest BCUT2D eigenvalue weighted by molar-refractivity contribution is -0.240. The van der Waals surface area contributed by atoms with Crippen molar-refractivity contribution in [1.29, 1.82) is 0 Å². The molecular formula is C26H35NO11. The number of esters is 4. The average molecular weight is 538 g/mol. The molecule has 0 aromatic heterocycles. The number of nitrogens with two attached hydrogens (primary N) is 1. The predicted octanol–water partition coefficient (Wildman–Crippen LogP) is -0.445. The van der Waals surface area contributed by atoms with E-state index in [-0.39, 0.29) is 12.3 Å². The number of aliphatic hydroxyl groups is 2. The second-order valence-electron chi connectivity index (χ2n) is 13.0. The van der Waals surface area contributed by atoms with Gasteiger partial charge in [-0.25, -0.2) is 9.59 Å². The number of ether oxygens (including phenoxy) is 5. The molecule has 4 aliphatic heterocycles. The van der Waals surface area contributed by atoms with Crippen molar-refractivity contribution in [1.82, 2.24) is 0 Å². The lowest BCUT2D eigenvalue weighted by Gasteiger charge is -2.48.